The molecule has 2 aromatic rings. The smallest absolute Gasteiger partial charge is 0.325 e. The molecule has 3 rings (SSSR count). The Morgan fingerprint density at radius 3 is 2.56 bits per heavy atom. The highest BCUT2D eigenvalue weighted by Gasteiger charge is 2.47. The standard InChI is InChI=1S/C17H19F2N5O2S/c1-12-2-3-15(11-20-12)27(26)17(18,19)13-5-8-24(9-6-13)16(25)23-14-4-7-21-22-10-14/h2-4,7,10-11,13H,5-6,8-9H2,1H3,(H,21,23,25). The molecule has 0 aromatic carbocycles. The minimum atomic E-state index is -3.38. The van der Waals surface area contributed by atoms with Crippen molar-refractivity contribution in [2.75, 3.05) is 18.4 Å². The van der Waals surface area contributed by atoms with E-state index in [9.17, 15) is 17.8 Å². The third-order valence-electron chi connectivity index (χ3n) is 4.44. The summed E-state index contributed by atoms with van der Waals surface area (Å²) < 4.78 is 41.8. The van der Waals surface area contributed by atoms with Gasteiger partial charge >= 0.3 is 11.3 Å². The Bertz CT molecular complexity index is 812. The zero-order valence-corrected chi connectivity index (χ0v) is 15.5. The summed E-state index contributed by atoms with van der Waals surface area (Å²) in [6, 6.07) is 4.18. The zero-order valence-electron chi connectivity index (χ0n) is 14.6. The van der Waals surface area contributed by atoms with Crippen LogP contribution in [0.3, 0.4) is 0 Å². The number of urea groups is 1. The zero-order chi connectivity index (χ0) is 19.4. The Balaban J connectivity index is 1.59. The van der Waals surface area contributed by atoms with Crippen molar-refractivity contribution in [1.82, 2.24) is 20.1 Å². The Kier molecular flexibility index (Phi) is 5.73. The molecule has 0 radical (unpaired) electrons. The molecule has 1 unspecified atom stereocenters. The van der Waals surface area contributed by atoms with Crippen LogP contribution in [0.15, 0.2) is 41.7 Å². The minimum absolute atomic E-state index is 0.0101. The normalized spacial score (nSPS) is 16.8. The predicted octanol–water partition coefficient (Wildman–Crippen LogP) is 2.82. The summed E-state index contributed by atoms with van der Waals surface area (Å²) in [4.78, 5) is 17.6. The van der Waals surface area contributed by atoms with E-state index in [1.807, 2.05) is 0 Å². The molecule has 7 nitrogen and oxygen atoms in total. The molecule has 2 aromatic heterocycles. The molecule has 1 atom stereocenters. The van der Waals surface area contributed by atoms with Gasteiger partial charge in [0.05, 0.1) is 23.0 Å². The number of piperidine rings is 1. The second-order valence-electron chi connectivity index (χ2n) is 6.29. The number of hydrogen-bond donors (Lipinski definition) is 1. The molecule has 1 aliphatic heterocycles. The lowest BCUT2D eigenvalue weighted by Gasteiger charge is -2.35. The lowest BCUT2D eigenvalue weighted by molar-refractivity contribution is 0.00505. The van der Waals surface area contributed by atoms with E-state index in [0.717, 1.165) is 0 Å². The third-order valence-corrected chi connectivity index (χ3v) is 5.94. The molecule has 27 heavy (non-hydrogen) atoms. The number of nitrogens with zero attached hydrogens (tertiary/aromatic N) is 4. The number of anilines is 1. The van der Waals surface area contributed by atoms with Gasteiger partial charge in [-0.15, -0.1) is 0 Å². The summed E-state index contributed by atoms with van der Waals surface area (Å²) in [5.41, 5.74) is 1.15. The van der Waals surface area contributed by atoms with Crippen molar-refractivity contribution >= 4 is 22.5 Å². The first-order valence-corrected chi connectivity index (χ1v) is 9.58. The SMILES string of the molecule is Cc1ccc(S(=O)C(F)(F)C2CCN(C(=O)Nc3ccnnc3)CC2)cn1. The van der Waals surface area contributed by atoms with Gasteiger partial charge in [-0.25, -0.2) is 9.00 Å². The van der Waals surface area contributed by atoms with Crippen LogP contribution in [0.4, 0.5) is 19.3 Å². The number of amides is 2. The topological polar surface area (TPSA) is 88.1 Å². The Morgan fingerprint density at radius 1 is 1.22 bits per heavy atom. The Hall–Kier alpha value is -2.49. The van der Waals surface area contributed by atoms with E-state index in [0.29, 0.717) is 11.4 Å². The van der Waals surface area contributed by atoms with Gasteiger partial charge in [-0.2, -0.15) is 19.0 Å². The lowest BCUT2D eigenvalue weighted by Crippen LogP contribution is -2.46. The van der Waals surface area contributed by atoms with Gasteiger partial charge in [0.25, 0.3) is 0 Å². The summed E-state index contributed by atoms with van der Waals surface area (Å²) in [6.45, 7) is 2.05. The number of carbonyl (C=O) groups is 1. The number of carbonyl (C=O) groups excluding carboxylic acids is 1. The van der Waals surface area contributed by atoms with Crippen LogP contribution in [0.2, 0.25) is 0 Å². The summed E-state index contributed by atoms with van der Waals surface area (Å²) in [7, 11) is -2.48. The maximum Gasteiger partial charge on any atom is 0.328 e. The first kappa shape index (κ1) is 19.3. The third kappa shape index (κ3) is 4.44. The van der Waals surface area contributed by atoms with Crippen molar-refractivity contribution in [1.29, 1.82) is 0 Å². The van der Waals surface area contributed by atoms with Crippen molar-refractivity contribution in [3.63, 3.8) is 0 Å². The molecule has 0 bridgehead atoms. The van der Waals surface area contributed by atoms with Crippen LogP contribution in [0.25, 0.3) is 0 Å². The van der Waals surface area contributed by atoms with E-state index in [-0.39, 0.29) is 36.9 Å². The number of aromatic nitrogens is 3. The highest BCUT2D eigenvalue weighted by atomic mass is 32.2. The highest BCUT2D eigenvalue weighted by Crippen LogP contribution is 2.38. The molecule has 0 saturated carbocycles. The summed E-state index contributed by atoms with van der Waals surface area (Å²) in [6.07, 6.45) is 4.21. The molecule has 0 spiro atoms. The lowest BCUT2D eigenvalue weighted by atomic mass is 9.97. The molecule has 10 heteroatoms. The van der Waals surface area contributed by atoms with E-state index < -0.39 is 22.0 Å². The second-order valence-corrected chi connectivity index (χ2v) is 7.84. The first-order chi connectivity index (χ1) is 12.9. The van der Waals surface area contributed by atoms with Crippen LogP contribution < -0.4 is 5.32 Å². The number of halogens is 2. The molecule has 1 N–H and O–H groups in total. The minimum Gasteiger partial charge on any atom is -0.325 e. The van der Waals surface area contributed by atoms with Crippen LogP contribution in [-0.4, -0.2) is 48.7 Å². The monoisotopic (exact) mass is 395 g/mol. The predicted molar refractivity (Wildman–Crippen MR) is 95.7 cm³/mol. The number of rotatable bonds is 4. The fourth-order valence-electron chi connectivity index (χ4n) is 2.86. The quantitative estimate of drug-likeness (QED) is 0.860. The van der Waals surface area contributed by atoms with E-state index in [4.69, 9.17) is 0 Å². The molecule has 144 valence electrons. The molecular weight excluding hydrogens is 376 g/mol. The van der Waals surface area contributed by atoms with Crippen LogP contribution in [-0.2, 0) is 10.8 Å². The molecule has 2 amide bonds. The van der Waals surface area contributed by atoms with E-state index >= 15 is 0 Å². The number of nitrogens with one attached hydrogen (secondary N) is 1. The van der Waals surface area contributed by atoms with Gasteiger partial charge in [-0.05, 0) is 38.0 Å². The van der Waals surface area contributed by atoms with Crippen molar-refractivity contribution in [2.45, 2.75) is 29.9 Å². The summed E-state index contributed by atoms with van der Waals surface area (Å²) in [5.74, 6) is -1.06. The fourth-order valence-corrected chi connectivity index (χ4v) is 4.05. The van der Waals surface area contributed by atoms with Gasteiger partial charge < -0.3 is 10.2 Å². The largest absolute Gasteiger partial charge is 0.328 e. The van der Waals surface area contributed by atoms with Crippen LogP contribution in [0.1, 0.15) is 18.5 Å². The van der Waals surface area contributed by atoms with Crippen molar-refractivity contribution in [3.05, 3.63) is 42.5 Å². The second kappa shape index (κ2) is 8.03. The van der Waals surface area contributed by atoms with Gasteiger partial charge in [0, 0.05) is 30.9 Å². The number of aryl methyl sites for hydroxylation is 1. The summed E-state index contributed by atoms with van der Waals surface area (Å²) >= 11 is 0. The number of pyridine rings is 1. The van der Waals surface area contributed by atoms with Crippen molar-refractivity contribution in [2.24, 2.45) is 5.92 Å². The number of alkyl halides is 2. The van der Waals surface area contributed by atoms with Crippen molar-refractivity contribution in [3.8, 4) is 0 Å². The van der Waals surface area contributed by atoms with Gasteiger partial charge in [-0.3, -0.25) is 4.98 Å². The Labute approximate surface area is 157 Å². The molecule has 1 aliphatic rings. The molecule has 3 heterocycles. The van der Waals surface area contributed by atoms with Crippen LogP contribution in [0.5, 0.6) is 0 Å². The fraction of sp³-hybridized carbons (Fsp3) is 0.412. The molecule has 1 saturated heterocycles. The maximum atomic E-state index is 14.7. The van der Waals surface area contributed by atoms with E-state index in [1.54, 1.807) is 19.1 Å². The number of hydrogen-bond acceptors (Lipinski definition) is 5. The number of likely N-dealkylation sites (tertiary alicyclic amines) is 1. The van der Waals surface area contributed by atoms with Crippen LogP contribution >= 0.6 is 0 Å². The maximum absolute atomic E-state index is 14.7. The van der Waals surface area contributed by atoms with Crippen molar-refractivity contribution < 1.29 is 17.8 Å². The highest BCUT2D eigenvalue weighted by molar-refractivity contribution is 7.86. The molecular formula is C17H19F2N5O2S. The molecule has 0 aliphatic carbocycles. The van der Waals surface area contributed by atoms with E-state index in [2.05, 4.69) is 20.5 Å². The van der Waals surface area contributed by atoms with Crippen LogP contribution in [0, 0.1) is 12.8 Å². The van der Waals surface area contributed by atoms with Gasteiger partial charge in [0.2, 0.25) is 0 Å². The van der Waals surface area contributed by atoms with E-state index in [1.165, 1.54) is 29.6 Å². The van der Waals surface area contributed by atoms with Gasteiger partial charge in [-0.1, -0.05) is 0 Å². The molecule has 1 fully saturated rings. The average Bonchev–Trinajstić information content (AvgIpc) is 2.69. The average molecular weight is 395 g/mol. The van der Waals surface area contributed by atoms with Gasteiger partial charge in [0.1, 0.15) is 10.8 Å². The Morgan fingerprint density at radius 2 is 1.96 bits per heavy atom. The first-order valence-electron chi connectivity index (χ1n) is 8.43. The summed E-state index contributed by atoms with van der Waals surface area (Å²) in [5, 5.41) is 6.54. The van der Waals surface area contributed by atoms with Gasteiger partial charge in [0.15, 0.2) is 0 Å².